The molecule has 3 aromatic rings. The largest absolute Gasteiger partial charge is 0.392 e. The molecule has 166 valence electrons. The van der Waals surface area contributed by atoms with E-state index in [4.69, 9.17) is 20.6 Å². The van der Waals surface area contributed by atoms with E-state index in [0.29, 0.717) is 30.1 Å². The molecule has 3 saturated heterocycles. The van der Waals surface area contributed by atoms with Crippen LogP contribution in [0.5, 0.6) is 0 Å². The summed E-state index contributed by atoms with van der Waals surface area (Å²) in [5, 5.41) is 14.8. The Hall–Kier alpha value is -2.97. The Kier molecular flexibility index (Phi) is 4.16. The monoisotopic (exact) mass is 433 g/mol. The van der Waals surface area contributed by atoms with E-state index >= 15 is 0 Å². The first-order chi connectivity index (χ1) is 15.4. The van der Waals surface area contributed by atoms with Crippen LogP contribution in [0, 0.1) is 11.8 Å². The van der Waals surface area contributed by atoms with Gasteiger partial charge in [0.15, 0.2) is 11.5 Å². The van der Waals surface area contributed by atoms with Crippen molar-refractivity contribution >= 4 is 17.2 Å². The van der Waals surface area contributed by atoms with E-state index in [1.807, 2.05) is 18.3 Å². The number of anilines is 1. The summed E-state index contributed by atoms with van der Waals surface area (Å²) in [6.07, 6.45) is 3.72. The normalized spacial score (nSPS) is 31.2. The fraction of sp³-hybridized carbons (Fsp3) is 0.458. The molecule has 0 radical (unpaired) electrons. The van der Waals surface area contributed by atoms with Gasteiger partial charge in [-0.15, -0.1) is 5.10 Å². The van der Waals surface area contributed by atoms with Gasteiger partial charge in [0.25, 0.3) is 0 Å². The second-order valence-corrected chi connectivity index (χ2v) is 9.73. The number of benzene rings is 1. The van der Waals surface area contributed by atoms with Gasteiger partial charge in [-0.2, -0.15) is 0 Å². The minimum absolute atomic E-state index is 0.0649. The number of aliphatic hydroxyl groups excluding tert-OH is 1. The van der Waals surface area contributed by atoms with Gasteiger partial charge in [0.2, 0.25) is 5.91 Å². The van der Waals surface area contributed by atoms with Crippen LogP contribution in [-0.4, -0.2) is 45.3 Å². The van der Waals surface area contributed by atoms with E-state index in [2.05, 4.69) is 36.1 Å². The summed E-state index contributed by atoms with van der Waals surface area (Å²) in [5.74, 6) is -0.121. The van der Waals surface area contributed by atoms with Gasteiger partial charge in [-0.05, 0) is 24.5 Å². The summed E-state index contributed by atoms with van der Waals surface area (Å²) in [6, 6.07) is 12.6. The third kappa shape index (κ3) is 2.66. The Labute approximate surface area is 186 Å². The summed E-state index contributed by atoms with van der Waals surface area (Å²) in [4.78, 5) is 19.0. The van der Waals surface area contributed by atoms with Gasteiger partial charge in [-0.1, -0.05) is 37.3 Å². The zero-order valence-electron chi connectivity index (χ0n) is 18.1. The molecule has 5 heterocycles. The number of nitrogens with zero attached hydrogens (tertiary/aromatic N) is 4. The molecule has 8 nitrogen and oxygen atoms in total. The summed E-state index contributed by atoms with van der Waals surface area (Å²) >= 11 is 0. The third-order valence-electron chi connectivity index (χ3n) is 7.75. The maximum atomic E-state index is 12.0. The summed E-state index contributed by atoms with van der Waals surface area (Å²) in [6.45, 7) is 4.46. The number of carbonyl (C=O) groups excluding carboxylic acids is 1. The Morgan fingerprint density at radius 3 is 2.88 bits per heavy atom. The van der Waals surface area contributed by atoms with Crippen molar-refractivity contribution in [1.29, 1.82) is 0 Å². The van der Waals surface area contributed by atoms with Crippen molar-refractivity contribution in [1.82, 2.24) is 14.6 Å². The maximum Gasteiger partial charge on any atom is 0.224 e. The Bertz CT molecular complexity index is 1210. The first-order valence-corrected chi connectivity index (χ1v) is 11.2. The smallest absolute Gasteiger partial charge is 0.224 e. The quantitative estimate of drug-likeness (QED) is 0.635. The Morgan fingerprint density at radius 1 is 1.34 bits per heavy atom. The van der Waals surface area contributed by atoms with Crippen molar-refractivity contribution in [3.8, 4) is 0 Å². The number of amides is 1. The Morgan fingerprint density at radius 2 is 2.16 bits per heavy atom. The van der Waals surface area contributed by atoms with Crippen LogP contribution in [0.15, 0.2) is 42.6 Å². The predicted molar refractivity (Wildman–Crippen MR) is 118 cm³/mol. The number of ether oxygens (including phenoxy) is 1. The fourth-order valence-electron chi connectivity index (χ4n) is 5.94. The zero-order valence-corrected chi connectivity index (χ0v) is 18.1. The molecular weight excluding hydrogens is 406 g/mol. The van der Waals surface area contributed by atoms with Crippen molar-refractivity contribution in [2.24, 2.45) is 17.6 Å². The number of rotatable bonds is 5. The molecule has 3 N–H and O–H groups in total. The van der Waals surface area contributed by atoms with Gasteiger partial charge < -0.3 is 20.5 Å². The van der Waals surface area contributed by atoms with Crippen LogP contribution < -0.4 is 10.6 Å². The van der Waals surface area contributed by atoms with Crippen LogP contribution in [0.2, 0.25) is 0 Å². The van der Waals surface area contributed by atoms with E-state index in [9.17, 15) is 9.90 Å². The molecule has 1 saturated carbocycles. The van der Waals surface area contributed by atoms with Crippen LogP contribution in [0.25, 0.3) is 5.65 Å². The lowest BCUT2D eigenvalue weighted by molar-refractivity contribution is -0.139. The minimum atomic E-state index is -0.824. The molecule has 2 aromatic heterocycles. The van der Waals surface area contributed by atoms with Gasteiger partial charge >= 0.3 is 0 Å². The number of carbonyl (C=O) groups is 1. The van der Waals surface area contributed by atoms with E-state index in [0.717, 1.165) is 25.2 Å². The second kappa shape index (κ2) is 6.76. The number of aromatic nitrogens is 3. The van der Waals surface area contributed by atoms with Gasteiger partial charge in [0, 0.05) is 30.0 Å². The van der Waals surface area contributed by atoms with Crippen molar-refractivity contribution in [3.63, 3.8) is 0 Å². The molecule has 3 aliphatic heterocycles. The highest BCUT2D eigenvalue weighted by Gasteiger charge is 2.66. The van der Waals surface area contributed by atoms with Gasteiger partial charge in [0.05, 0.1) is 31.0 Å². The van der Waals surface area contributed by atoms with Gasteiger partial charge in [0.1, 0.15) is 5.60 Å². The highest BCUT2D eigenvalue weighted by Crippen LogP contribution is 2.58. The number of primary amides is 1. The van der Waals surface area contributed by atoms with Crippen molar-refractivity contribution in [2.75, 3.05) is 24.6 Å². The van der Waals surface area contributed by atoms with Crippen LogP contribution in [0.1, 0.15) is 36.7 Å². The topological polar surface area (TPSA) is 106 Å². The molecule has 3 unspecified atom stereocenters. The number of fused-ring (bicyclic) bond motifs is 2. The molecular formula is C24H27N5O3. The number of hydrogen-bond donors (Lipinski definition) is 2. The molecule has 8 heteroatoms. The number of hydrogen-bond acceptors (Lipinski definition) is 6. The molecule has 0 spiro atoms. The fourth-order valence-corrected chi connectivity index (χ4v) is 5.94. The zero-order chi connectivity index (χ0) is 22.1. The summed E-state index contributed by atoms with van der Waals surface area (Å²) in [5.41, 5.74) is 8.52. The first kappa shape index (κ1) is 19.7. The average molecular weight is 434 g/mol. The molecule has 32 heavy (non-hydrogen) atoms. The molecule has 2 bridgehead atoms. The molecule has 1 aliphatic carbocycles. The lowest BCUT2D eigenvalue weighted by Crippen LogP contribution is -2.52. The van der Waals surface area contributed by atoms with Crippen LogP contribution in [0.3, 0.4) is 0 Å². The van der Waals surface area contributed by atoms with E-state index < -0.39 is 5.60 Å². The first-order valence-electron chi connectivity index (χ1n) is 11.2. The highest BCUT2D eigenvalue weighted by atomic mass is 16.5. The Balaban J connectivity index is 1.36. The highest BCUT2D eigenvalue weighted by molar-refractivity contribution is 5.80. The van der Waals surface area contributed by atoms with E-state index in [-0.39, 0.29) is 29.8 Å². The van der Waals surface area contributed by atoms with E-state index in [1.165, 1.54) is 5.56 Å². The lowest BCUT2D eigenvalue weighted by atomic mass is 9.63. The maximum absolute atomic E-state index is 12.0. The minimum Gasteiger partial charge on any atom is -0.392 e. The van der Waals surface area contributed by atoms with Gasteiger partial charge in [-0.25, -0.2) is 9.50 Å². The van der Waals surface area contributed by atoms with Crippen LogP contribution in [0.4, 0.5) is 5.69 Å². The number of pyridine rings is 1. The lowest BCUT2D eigenvalue weighted by Gasteiger charge is -2.40. The summed E-state index contributed by atoms with van der Waals surface area (Å²) in [7, 11) is 0. The van der Waals surface area contributed by atoms with E-state index in [1.54, 1.807) is 4.52 Å². The molecule has 1 amide bonds. The summed E-state index contributed by atoms with van der Waals surface area (Å²) < 4.78 is 7.69. The molecule has 4 fully saturated rings. The molecule has 1 aromatic carbocycles. The number of aliphatic hydroxyl groups is 1. The molecule has 4 aliphatic rings. The third-order valence-corrected chi connectivity index (χ3v) is 7.75. The average Bonchev–Trinajstić information content (AvgIpc) is 3.55. The standard InChI is InChI=1S/C24H27N5O3/c1-23(17-5-3-2-4-6-17)7-8-28(14-23)18-9-15(12-30)21-26-22(27-29(21)11-18)24-10-16(13-32-24)19(24)20(25)31/h2-6,9,11,16,19,30H,7-8,10,12-14H2,1H3,(H2,25,31)/t16?,19?,23-,24?/m0/s1. The van der Waals surface area contributed by atoms with Crippen LogP contribution >= 0.6 is 0 Å². The van der Waals surface area contributed by atoms with Crippen LogP contribution in [-0.2, 0) is 27.2 Å². The van der Waals surface area contributed by atoms with Crippen molar-refractivity contribution < 1.29 is 14.6 Å². The predicted octanol–water partition coefficient (Wildman–Crippen LogP) is 1.74. The molecule has 4 atom stereocenters. The van der Waals surface area contributed by atoms with Crippen molar-refractivity contribution in [3.05, 3.63) is 59.5 Å². The van der Waals surface area contributed by atoms with Crippen molar-refractivity contribution in [2.45, 2.75) is 37.4 Å². The molecule has 7 rings (SSSR count). The SMILES string of the molecule is C[C@]1(c2ccccc2)CCN(c2cc(CO)c3nc(C45CC(CO4)C5C(N)=O)nn3c2)C1. The number of nitrogens with two attached hydrogens (primary N) is 1. The second-order valence-electron chi connectivity index (χ2n) is 9.73. The van der Waals surface area contributed by atoms with Gasteiger partial charge in [-0.3, -0.25) is 4.79 Å².